The zero-order valence-electron chi connectivity index (χ0n) is 14.2. The minimum absolute atomic E-state index is 0.0363. The monoisotopic (exact) mass is 379 g/mol. The first-order valence-corrected chi connectivity index (χ1v) is 10.3. The maximum Gasteiger partial charge on any atom is 0.244 e. The molecule has 0 aliphatic carbocycles. The quantitative estimate of drug-likeness (QED) is 0.850. The van der Waals surface area contributed by atoms with E-state index < -0.39 is 10.0 Å². The number of anilines is 1. The van der Waals surface area contributed by atoms with Gasteiger partial charge in [-0.1, -0.05) is 36.2 Å². The highest BCUT2D eigenvalue weighted by Crippen LogP contribution is 2.26. The van der Waals surface area contributed by atoms with Gasteiger partial charge in [-0.2, -0.15) is 4.31 Å². The van der Waals surface area contributed by atoms with Gasteiger partial charge in [-0.25, -0.2) is 13.4 Å². The predicted molar refractivity (Wildman–Crippen MR) is 100 cm³/mol. The Labute approximate surface area is 154 Å². The molecule has 0 radical (unpaired) electrons. The maximum absolute atomic E-state index is 12.6. The Bertz CT molecular complexity index is 818. The van der Waals surface area contributed by atoms with Crippen molar-refractivity contribution in [2.24, 2.45) is 0 Å². The SMILES string of the molecule is CC(Nc1ccc(S(=O)(=O)N2CCCCC2)cn1)c1ccccc1Cl. The van der Waals surface area contributed by atoms with Crippen molar-refractivity contribution in [3.8, 4) is 0 Å². The normalized spacial score (nSPS) is 17.2. The van der Waals surface area contributed by atoms with E-state index in [4.69, 9.17) is 11.6 Å². The third kappa shape index (κ3) is 4.14. The van der Waals surface area contributed by atoms with Crippen LogP contribution >= 0.6 is 11.6 Å². The summed E-state index contributed by atoms with van der Waals surface area (Å²) in [7, 11) is -3.44. The molecule has 7 heteroatoms. The van der Waals surface area contributed by atoms with Crippen molar-refractivity contribution in [1.82, 2.24) is 9.29 Å². The second-order valence-corrected chi connectivity index (χ2v) is 8.58. The third-order valence-corrected chi connectivity index (χ3v) is 6.65. The van der Waals surface area contributed by atoms with E-state index in [0.29, 0.717) is 23.9 Å². The largest absolute Gasteiger partial charge is 0.363 e. The Balaban J connectivity index is 1.73. The van der Waals surface area contributed by atoms with Gasteiger partial charge in [-0.15, -0.1) is 0 Å². The van der Waals surface area contributed by atoms with Crippen LogP contribution in [0.5, 0.6) is 0 Å². The number of nitrogens with zero attached hydrogens (tertiary/aromatic N) is 2. The molecular formula is C18H22ClN3O2S. The number of hydrogen-bond donors (Lipinski definition) is 1. The summed E-state index contributed by atoms with van der Waals surface area (Å²) in [5.41, 5.74) is 0.969. The highest BCUT2D eigenvalue weighted by molar-refractivity contribution is 7.89. The van der Waals surface area contributed by atoms with Crippen molar-refractivity contribution < 1.29 is 8.42 Å². The highest BCUT2D eigenvalue weighted by Gasteiger charge is 2.26. The van der Waals surface area contributed by atoms with Gasteiger partial charge in [-0.3, -0.25) is 0 Å². The molecule has 1 saturated heterocycles. The number of halogens is 1. The second-order valence-electron chi connectivity index (χ2n) is 6.23. The lowest BCUT2D eigenvalue weighted by Gasteiger charge is -2.25. The van der Waals surface area contributed by atoms with Crippen molar-refractivity contribution in [3.05, 3.63) is 53.2 Å². The van der Waals surface area contributed by atoms with E-state index in [2.05, 4.69) is 10.3 Å². The number of benzene rings is 1. The van der Waals surface area contributed by atoms with Crippen molar-refractivity contribution in [3.63, 3.8) is 0 Å². The Morgan fingerprint density at radius 3 is 2.48 bits per heavy atom. The minimum atomic E-state index is -3.44. The van der Waals surface area contributed by atoms with Crippen LogP contribution in [0.1, 0.15) is 37.8 Å². The molecule has 1 N–H and O–H groups in total. The Kier molecular flexibility index (Phi) is 5.61. The lowest BCUT2D eigenvalue weighted by molar-refractivity contribution is 0.346. The highest BCUT2D eigenvalue weighted by atomic mass is 35.5. The molecule has 0 spiro atoms. The molecule has 1 aromatic carbocycles. The van der Waals surface area contributed by atoms with E-state index in [1.807, 2.05) is 31.2 Å². The van der Waals surface area contributed by atoms with Crippen LogP contribution in [0, 0.1) is 0 Å². The number of nitrogens with one attached hydrogen (secondary N) is 1. The zero-order valence-corrected chi connectivity index (χ0v) is 15.7. The Hall–Kier alpha value is -1.63. The van der Waals surface area contributed by atoms with Crippen molar-refractivity contribution in [1.29, 1.82) is 0 Å². The summed E-state index contributed by atoms with van der Waals surface area (Å²) in [4.78, 5) is 4.52. The summed E-state index contributed by atoms with van der Waals surface area (Å²) in [6, 6.07) is 10.9. The first kappa shape index (κ1) is 18.2. The first-order chi connectivity index (χ1) is 12.0. The summed E-state index contributed by atoms with van der Waals surface area (Å²) in [6.45, 7) is 3.17. The van der Waals surface area contributed by atoms with Crippen LogP contribution in [0.2, 0.25) is 5.02 Å². The van der Waals surface area contributed by atoms with Crippen LogP contribution in [0.25, 0.3) is 0 Å². The van der Waals surface area contributed by atoms with E-state index in [1.165, 1.54) is 6.20 Å². The van der Waals surface area contributed by atoms with Gasteiger partial charge in [-0.05, 0) is 43.5 Å². The molecule has 1 aromatic heterocycles. The molecule has 2 aromatic rings. The van der Waals surface area contributed by atoms with Crippen molar-refractivity contribution in [2.45, 2.75) is 37.1 Å². The zero-order chi connectivity index (χ0) is 17.9. The average molecular weight is 380 g/mol. The summed E-state index contributed by atoms with van der Waals surface area (Å²) in [5, 5.41) is 3.94. The molecule has 0 saturated carbocycles. The Morgan fingerprint density at radius 1 is 1.12 bits per heavy atom. The molecule has 1 unspecified atom stereocenters. The summed E-state index contributed by atoms with van der Waals surface area (Å²) >= 11 is 6.21. The number of piperidine rings is 1. The number of pyridine rings is 1. The van der Waals surface area contributed by atoms with Gasteiger partial charge in [0.1, 0.15) is 10.7 Å². The number of sulfonamides is 1. The fraction of sp³-hybridized carbons (Fsp3) is 0.389. The second kappa shape index (κ2) is 7.72. The topological polar surface area (TPSA) is 62.3 Å². The molecule has 5 nitrogen and oxygen atoms in total. The average Bonchev–Trinajstić information content (AvgIpc) is 2.63. The smallest absolute Gasteiger partial charge is 0.244 e. The number of aromatic nitrogens is 1. The van der Waals surface area contributed by atoms with Crippen LogP contribution in [-0.4, -0.2) is 30.8 Å². The molecule has 134 valence electrons. The summed E-state index contributed by atoms with van der Waals surface area (Å²) in [6.07, 6.45) is 4.35. The van der Waals surface area contributed by atoms with Crippen molar-refractivity contribution in [2.75, 3.05) is 18.4 Å². The molecule has 25 heavy (non-hydrogen) atoms. The van der Waals surface area contributed by atoms with Gasteiger partial charge in [0.25, 0.3) is 0 Å². The molecule has 1 atom stereocenters. The molecule has 1 aliphatic heterocycles. The summed E-state index contributed by atoms with van der Waals surface area (Å²) in [5.74, 6) is 0.616. The number of rotatable bonds is 5. The molecule has 2 heterocycles. The van der Waals surface area contributed by atoms with E-state index in [1.54, 1.807) is 16.4 Å². The van der Waals surface area contributed by atoms with Gasteiger partial charge >= 0.3 is 0 Å². The van der Waals surface area contributed by atoms with Gasteiger partial charge < -0.3 is 5.32 Å². The van der Waals surface area contributed by atoms with E-state index >= 15 is 0 Å². The van der Waals surface area contributed by atoms with Gasteiger partial charge in [0, 0.05) is 24.3 Å². The minimum Gasteiger partial charge on any atom is -0.363 e. The lowest BCUT2D eigenvalue weighted by atomic mass is 10.1. The van der Waals surface area contributed by atoms with Gasteiger partial charge in [0.15, 0.2) is 0 Å². The van der Waals surface area contributed by atoms with Crippen LogP contribution < -0.4 is 5.32 Å². The van der Waals surface area contributed by atoms with Gasteiger partial charge in [0.05, 0.1) is 6.04 Å². The molecule has 0 bridgehead atoms. The molecule has 1 fully saturated rings. The van der Waals surface area contributed by atoms with E-state index in [0.717, 1.165) is 24.8 Å². The van der Waals surface area contributed by atoms with E-state index in [9.17, 15) is 8.42 Å². The molecule has 3 rings (SSSR count). The van der Waals surface area contributed by atoms with E-state index in [-0.39, 0.29) is 10.9 Å². The fourth-order valence-corrected chi connectivity index (χ4v) is 4.76. The number of hydrogen-bond acceptors (Lipinski definition) is 4. The molecule has 1 aliphatic rings. The lowest BCUT2D eigenvalue weighted by Crippen LogP contribution is -2.35. The predicted octanol–water partition coefficient (Wildman–Crippen LogP) is 4.08. The maximum atomic E-state index is 12.6. The first-order valence-electron chi connectivity index (χ1n) is 8.45. The third-order valence-electron chi connectivity index (χ3n) is 4.43. The molecule has 0 amide bonds. The van der Waals surface area contributed by atoms with Crippen LogP contribution in [0.3, 0.4) is 0 Å². The standard InChI is InChI=1S/C18H22ClN3O2S/c1-14(16-7-3-4-8-17(16)19)21-18-10-9-15(13-20-18)25(23,24)22-11-5-2-6-12-22/h3-4,7-10,13-14H,2,5-6,11-12H2,1H3,(H,20,21). The Morgan fingerprint density at radius 2 is 1.84 bits per heavy atom. The van der Waals surface area contributed by atoms with Crippen LogP contribution in [-0.2, 0) is 10.0 Å². The van der Waals surface area contributed by atoms with Crippen LogP contribution in [0.15, 0.2) is 47.5 Å². The summed E-state index contributed by atoms with van der Waals surface area (Å²) < 4.78 is 26.8. The fourth-order valence-electron chi connectivity index (χ4n) is 3.00. The van der Waals surface area contributed by atoms with Gasteiger partial charge in [0.2, 0.25) is 10.0 Å². The van der Waals surface area contributed by atoms with Crippen molar-refractivity contribution >= 4 is 27.4 Å². The van der Waals surface area contributed by atoms with Crippen LogP contribution in [0.4, 0.5) is 5.82 Å². The molecular weight excluding hydrogens is 358 g/mol.